The highest BCUT2D eigenvalue weighted by Crippen LogP contribution is 2.20. The molecule has 0 saturated heterocycles. The van der Waals surface area contributed by atoms with Crippen LogP contribution in [0.4, 0.5) is 11.4 Å². The second-order valence-electron chi connectivity index (χ2n) is 6.96. The number of hydrogen-bond acceptors (Lipinski definition) is 7. The summed E-state index contributed by atoms with van der Waals surface area (Å²) in [6, 6.07) is 6.89. The second-order valence-corrected chi connectivity index (χ2v) is 6.96. The maximum Gasteiger partial charge on any atom is 0.269 e. The van der Waals surface area contributed by atoms with Crippen LogP contribution in [0, 0.1) is 10.1 Å². The Morgan fingerprint density at radius 3 is 1.68 bits per heavy atom. The van der Waals surface area contributed by atoms with E-state index in [1.165, 1.54) is 0 Å². The van der Waals surface area contributed by atoms with Crippen LogP contribution in [0.25, 0.3) is 0 Å². The molecule has 1 aromatic rings. The molecule has 6 N–H and O–H groups in total. The topological polar surface area (TPSA) is 122 Å². The largest absolute Gasteiger partial charge is 0.372 e. The molecule has 0 atom stereocenters. The van der Waals surface area contributed by atoms with Crippen LogP contribution in [0.1, 0.15) is 38.5 Å². The third-order valence-corrected chi connectivity index (χ3v) is 4.60. The SMILES string of the molecule is NCCCNCCCCN(CCCCNCCCN)c1ccc([N+](=O)[O-])cc1. The summed E-state index contributed by atoms with van der Waals surface area (Å²) >= 11 is 0. The van der Waals surface area contributed by atoms with Crippen LogP contribution in [-0.4, -0.2) is 57.3 Å². The molecule has 0 aliphatic heterocycles. The van der Waals surface area contributed by atoms with Gasteiger partial charge in [-0.3, -0.25) is 10.1 Å². The zero-order valence-corrected chi connectivity index (χ0v) is 17.1. The van der Waals surface area contributed by atoms with Gasteiger partial charge in [-0.15, -0.1) is 0 Å². The predicted molar refractivity (Wildman–Crippen MR) is 117 cm³/mol. The maximum absolute atomic E-state index is 10.9. The lowest BCUT2D eigenvalue weighted by atomic mass is 10.2. The van der Waals surface area contributed by atoms with Crippen molar-refractivity contribution in [2.75, 3.05) is 57.3 Å². The summed E-state index contributed by atoms with van der Waals surface area (Å²) in [4.78, 5) is 12.9. The van der Waals surface area contributed by atoms with Crippen molar-refractivity contribution in [1.29, 1.82) is 0 Å². The highest BCUT2D eigenvalue weighted by atomic mass is 16.6. The molecule has 0 aromatic heterocycles. The molecule has 160 valence electrons. The lowest BCUT2D eigenvalue weighted by molar-refractivity contribution is -0.384. The van der Waals surface area contributed by atoms with E-state index in [1.807, 2.05) is 12.1 Å². The van der Waals surface area contributed by atoms with E-state index in [0.717, 1.165) is 96.6 Å². The molecule has 0 bridgehead atoms. The zero-order valence-electron chi connectivity index (χ0n) is 17.1. The molecule has 0 amide bonds. The van der Waals surface area contributed by atoms with Crippen molar-refractivity contribution >= 4 is 11.4 Å². The van der Waals surface area contributed by atoms with E-state index in [1.54, 1.807) is 12.1 Å². The average molecular weight is 395 g/mol. The molecule has 0 aliphatic carbocycles. The number of non-ortho nitro benzene ring substituents is 1. The van der Waals surface area contributed by atoms with Crippen LogP contribution in [0.15, 0.2) is 24.3 Å². The molecule has 8 heteroatoms. The van der Waals surface area contributed by atoms with Gasteiger partial charge in [0.05, 0.1) is 4.92 Å². The van der Waals surface area contributed by atoms with Crippen molar-refractivity contribution in [2.24, 2.45) is 11.5 Å². The number of nitrogens with one attached hydrogen (secondary N) is 2. The standard InChI is InChI=1S/C20H38N6O2/c21-11-5-15-23-13-1-3-17-25(18-4-2-14-24-16-6-12-22)19-7-9-20(10-8-19)26(27)28/h7-10,23-24H,1-6,11-18,21-22H2. The van der Waals surface area contributed by atoms with Crippen molar-refractivity contribution in [3.8, 4) is 0 Å². The van der Waals surface area contributed by atoms with Crippen LogP contribution >= 0.6 is 0 Å². The average Bonchev–Trinajstić information content (AvgIpc) is 2.71. The van der Waals surface area contributed by atoms with E-state index in [0.29, 0.717) is 0 Å². The van der Waals surface area contributed by atoms with Crippen molar-refractivity contribution in [3.05, 3.63) is 34.4 Å². The highest BCUT2D eigenvalue weighted by Gasteiger charge is 2.09. The lowest BCUT2D eigenvalue weighted by Crippen LogP contribution is -2.28. The number of nitrogens with zero attached hydrogens (tertiary/aromatic N) is 2. The first-order valence-corrected chi connectivity index (χ1v) is 10.5. The van der Waals surface area contributed by atoms with Gasteiger partial charge in [0.15, 0.2) is 0 Å². The summed E-state index contributed by atoms with van der Waals surface area (Å²) in [6.45, 7) is 7.30. The normalized spacial score (nSPS) is 10.9. The third kappa shape index (κ3) is 11.2. The fourth-order valence-electron chi connectivity index (χ4n) is 2.96. The minimum absolute atomic E-state index is 0.136. The van der Waals surface area contributed by atoms with Gasteiger partial charge < -0.3 is 27.0 Å². The van der Waals surface area contributed by atoms with Crippen LogP contribution in [0.2, 0.25) is 0 Å². The van der Waals surface area contributed by atoms with Crippen molar-refractivity contribution < 1.29 is 4.92 Å². The van der Waals surface area contributed by atoms with Gasteiger partial charge in [0.2, 0.25) is 0 Å². The van der Waals surface area contributed by atoms with E-state index < -0.39 is 0 Å². The van der Waals surface area contributed by atoms with E-state index in [4.69, 9.17) is 11.5 Å². The summed E-state index contributed by atoms with van der Waals surface area (Å²) in [6.07, 6.45) is 6.40. The molecule has 0 aliphatic rings. The summed E-state index contributed by atoms with van der Waals surface area (Å²) in [7, 11) is 0. The molecule has 0 heterocycles. The van der Waals surface area contributed by atoms with Crippen molar-refractivity contribution in [3.63, 3.8) is 0 Å². The Kier molecular flexibility index (Phi) is 14.1. The Labute approximate surface area is 169 Å². The van der Waals surface area contributed by atoms with E-state index in [9.17, 15) is 10.1 Å². The highest BCUT2D eigenvalue weighted by molar-refractivity contribution is 5.50. The first-order valence-electron chi connectivity index (χ1n) is 10.5. The monoisotopic (exact) mass is 394 g/mol. The van der Waals surface area contributed by atoms with Gasteiger partial charge in [0, 0.05) is 30.9 Å². The third-order valence-electron chi connectivity index (χ3n) is 4.60. The van der Waals surface area contributed by atoms with Gasteiger partial charge in [0.1, 0.15) is 0 Å². The Morgan fingerprint density at radius 1 is 0.786 bits per heavy atom. The molecule has 28 heavy (non-hydrogen) atoms. The van der Waals surface area contributed by atoms with Gasteiger partial charge in [-0.25, -0.2) is 0 Å². The molecule has 0 fully saturated rings. The Morgan fingerprint density at radius 2 is 1.25 bits per heavy atom. The second kappa shape index (κ2) is 16.2. The number of anilines is 1. The predicted octanol–water partition coefficient (Wildman–Crippen LogP) is 1.84. The zero-order chi connectivity index (χ0) is 20.5. The first kappa shape index (κ1) is 24.3. The van der Waals surface area contributed by atoms with Gasteiger partial charge in [0.25, 0.3) is 5.69 Å². The fourth-order valence-corrected chi connectivity index (χ4v) is 2.96. The molecular weight excluding hydrogens is 356 g/mol. The summed E-state index contributed by atoms with van der Waals surface area (Å²) in [5, 5.41) is 17.7. The fraction of sp³-hybridized carbons (Fsp3) is 0.700. The smallest absolute Gasteiger partial charge is 0.269 e. The summed E-state index contributed by atoms with van der Waals surface area (Å²) < 4.78 is 0. The molecule has 1 aromatic carbocycles. The first-order chi connectivity index (χ1) is 13.7. The van der Waals surface area contributed by atoms with Crippen molar-refractivity contribution in [1.82, 2.24) is 10.6 Å². The number of hydrogen-bond donors (Lipinski definition) is 4. The molecule has 0 radical (unpaired) electrons. The van der Waals surface area contributed by atoms with Gasteiger partial charge in [-0.2, -0.15) is 0 Å². The van der Waals surface area contributed by atoms with Crippen LogP contribution in [0.5, 0.6) is 0 Å². The van der Waals surface area contributed by atoms with E-state index in [2.05, 4.69) is 15.5 Å². The molecular formula is C20H38N6O2. The Hall–Kier alpha value is -1.74. The Balaban J connectivity index is 2.41. The summed E-state index contributed by atoms with van der Waals surface area (Å²) in [5.41, 5.74) is 12.2. The van der Waals surface area contributed by atoms with E-state index >= 15 is 0 Å². The van der Waals surface area contributed by atoms with Gasteiger partial charge >= 0.3 is 0 Å². The molecule has 0 saturated carbocycles. The lowest BCUT2D eigenvalue weighted by Gasteiger charge is -2.25. The number of nitro groups is 1. The molecule has 8 nitrogen and oxygen atoms in total. The number of nitro benzene ring substituents is 1. The molecule has 1 rings (SSSR count). The number of rotatable bonds is 18. The minimum Gasteiger partial charge on any atom is -0.372 e. The van der Waals surface area contributed by atoms with Crippen LogP contribution in [-0.2, 0) is 0 Å². The number of benzene rings is 1. The van der Waals surface area contributed by atoms with Crippen LogP contribution < -0.4 is 27.0 Å². The van der Waals surface area contributed by atoms with E-state index in [-0.39, 0.29) is 10.6 Å². The molecule has 0 unspecified atom stereocenters. The number of unbranched alkanes of at least 4 members (excludes halogenated alkanes) is 2. The van der Waals surface area contributed by atoms with Crippen LogP contribution in [0.3, 0.4) is 0 Å². The van der Waals surface area contributed by atoms with Gasteiger partial charge in [-0.05, 0) is 89.9 Å². The minimum atomic E-state index is -0.353. The van der Waals surface area contributed by atoms with Crippen molar-refractivity contribution in [2.45, 2.75) is 38.5 Å². The number of nitrogens with two attached hydrogens (primary N) is 2. The van der Waals surface area contributed by atoms with Gasteiger partial charge in [-0.1, -0.05) is 0 Å². The maximum atomic E-state index is 10.9. The Bertz CT molecular complexity index is 494. The quantitative estimate of drug-likeness (QED) is 0.170. The summed E-state index contributed by atoms with van der Waals surface area (Å²) in [5.74, 6) is 0. The molecule has 0 spiro atoms.